The van der Waals surface area contributed by atoms with Gasteiger partial charge in [-0.15, -0.1) is 0 Å². The van der Waals surface area contributed by atoms with E-state index in [2.05, 4.69) is 4.89 Å². The first-order valence-corrected chi connectivity index (χ1v) is 2.17. The molecule has 0 heterocycles. The van der Waals surface area contributed by atoms with E-state index in [0.29, 0.717) is 6.61 Å². The summed E-state index contributed by atoms with van der Waals surface area (Å²) in [5.74, 6) is 0. The maximum atomic E-state index is 7.77. The summed E-state index contributed by atoms with van der Waals surface area (Å²) in [7, 11) is 0. The molecule has 0 radical (unpaired) electrons. The zero-order valence-electron chi connectivity index (χ0n) is 4.64. The van der Waals surface area contributed by atoms with E-state index < -0.39 is 0 Å². The minimum absolute atomic E-state index is 0.294. The van der Waals surface area contributed by atoms with Gasteiger partial charge >= 0.3 is 0 Å². The normalized spacial score (nSPS) is 8.43. The van der Waals surface area contributed by atoms with Crippen LogP contribution in [0.4, 0.5) is 0 Å². The predicted molar refractivity (Wildman–Crippen MR) is 28.0 cm³/mol. The van der Waals surface area contributed by atoms with Gasteiger partial charge in [-0.2, -0.15) is 0 Å². The molecule has 0 saturated heterocycles. The van der Waals surface area contributed by atoms with E-state index in [-0.39, 0.29) is 0 Å². The molecular weight excluding hydrogens is 92.1 g/mol. The van der Waals surface area contributed by atoms with Gasteiger partial charge in [0.05, 0.1) is 0 Å². The summed E-state index contributed by atoms with van der Waals surface area (Å²) in [5, 5.41) is 7.77. The fourth-order valence-electron chi connectivity index (χ4n) is 0.204. The number of rotatable bonds is 2. The van der Waals surface area contributed by atoms with Crippen molar-refractivity contribution in [3.05, 3.63) is 11.6 Å². The Hall–Kier alpha value is -0.340. The molecule has 0 aliphatic heterocycles. The standard InChI is InChI=1S/C5H10O2/c1-5(2)3-4-7-6/h3,6H,4H2,1-2H3. The molecule has 0 unspecified atom stereocenters. The lowest BCUT2D eigenvalue weighted by atomic mass is 10.3. The maximum absolute atomic E-state index is 7.77. The number of hydrogen-bond donors (Lipinski definition) is 1. The third-order valence-electron chi connectivity index (χ3n) is 0.566. The summed E-state index contributed by atoms with van der Waals surface area (Å²) >= 11 is 0. The second kappa shape index (κ2) is 3.84. The molecule has 7 heavy (non-hydrogen) atoms. The van der Waals surface area contributed by atoms with Crippen LogP contribution in [0.25, 0.3) is 0 Å². The highest BCUT2D eigenvalue weighted by Crippen LogP contribution is 1.85. The second-order valence-corrected chi connectivity index (χ2v) is 1.58. The fraction of sp³-hybridized carbons (Fsp3) is 0.600. The quantitative estimate of drug-likeness (QED) is 0.325. The van der Waals surface area contributed by atoms with E-state index in [1.54, 1.807) is 6.08 Å². The van der Waals surface area contributed by atoms with Crippen molar-refractivity contribution in [3.8, 4) is 0 Å². The number of allylic oxidation sites excluding steroid dienone is 1. The SMILES string of the molecule is CC(C)=CCOO. The van der Waals surface area contributed by atoms with E-state index in [0.717, 1.165) is 5.57 Å². The third kappa shape index (κ3) is 5.66. The molecule has 0 bridgehead atoms. The molecule has 1 N–H and O–H groups in total. The number of hydrogen-bond acceptors (Lipinski definition) is 2. The van der Waals surface area contributed by atoms with Gasteiger partial charge in [0.2, 0.25) is 0 Å². The lowest BCUT2D eigenvalue weighted by Gasteiger charge is -1.85. The molecule has 0 aliphatic carbocycles. The molecule has 0 saturated carbocycles. The summed E-state index contributed by atoms with van der Waals surface area (Å²) < 4.78 is 0. The van der Waals surface area contributed by atoms with Gasteiger partial charge in [0.1, 0.15) is 6.61 Å². The Bertz CT molecular complexity index is 62.5. The van der Waals surface area contributed by atoms with Crippen molar-refractivity contribution < 1.29 is 10.1 Å². The summed E-state index contributed by atoms with van der Waals surface area (Å²) in [4.78, 5) is 3.78. The van der Waals surface area contributed by atoms with Gasteiger partial charge in [-0.3, -0.25) is 5.26 Å². The molecule has 0 aromatic rings. The van der Waals surface area contributed by atoms with Crippen LogP contribution in [0.1, 0.15) is 13.8 Å². The minimum Gasteiger partial charge on any atom is -0.252 e. The summed E-state index contributed by atoms with van der Waals surface area (Å²) in [6, 6.07) is 0. The van der Waals surface area contributed by atoms with E-state index in [1.807, 2.05) is 13.8 Å². The van der Waals surface area contributed by atoms with Crippen molar-refractivity contribution in [2.24, 2.45) is 0 Å². The van der Waals surface area contributed by atoms with Crippen LogP contribution < -0.4 is 0 Å². The highest BCUT2D eigenvalue weighted by molar-refractivity contribution is 4.92. The Morgan fingerprint density at radius 3 is 2.43 bits per heavy atom. The lowest BCUT2D eigenvalue weighted by Crippen LogP contribution is -1.81. The molecule has 2 heteroatoms. The van der Waals surface area contributed by atoms with Gasteiger partial charge in [0.15, 0.2) is 0 Å². The Morgan fingerprint density at radius 1 is 1.71 bits per heavy atom. The Kier molecular flexibility index (Phi) is 3.65. The molecule has 0 aromatic heterocycles. The third-order valence-corrected chi connectivity index (χ3v) is 0.566. The average molecular weight is 102 g/mol. The van der Waals surface area contributed by atoms with Crippen molar-refractivity contribution in [2.75, 3.05) is 6.61 Å². The molecule has 0 aromatic carbocycles. The smallest absolute Gasteiger partial charge is 0.100 e. The molecule has 0 fully saturated rings. The molecule has 0 atom stereocenters. The van der Waals surface area contributed by atoms with Crippen LogP contribution in [0.5, 0.6) is 0 Å². The van der Waals surface area contributed by atoms with Gasteiger partial charge in [-0.05, 0) is 13.8 Å². The van der Waals surface area contributed by atoms with Crippen LogP contribution in [0, 0.1) is 0 Å². The van der Waals surface area contributed by atoms with Crippen molar-refractivity contribution in [2.45, 2.75) is 13.8 Å². The molecular formula is C5H10O2. The van der Waals surface area contributed by atoms with Crippen LogP contribution in [-0.4, -0.2) is 11.9 Å². The van der Waals surface area contributed by atoms with Crippen molar-refractivity contribution in [1.82, 2.24) is 0 Å². The first-order valence-electron chi connectivity index (χ1n) is 2.17. The van der Waals surface area contributed by atoms with Gasteiger partial charge in [0.25, 0.3) is 0 Å². The van der Waals surface area contributed by atoms with Crippen molar-refractivity contribution >= 4 is 0 Å². The maximum Gasteiger partial charge on any atom is 0.100 e. The summed E-state index contributed by atoms with van der Waals surface area (Å²) in [6.45, 7) is 4.18. The monoisotopic (exact) mass is 102 g/mol. The first kappa shape index (κ1) is 6.66. The van der Waals surface area contributed by atoms with Crippen molar-refractivity contribution in [1.29, 1.82) is 0 Å². The van der Waals surface area contributed by atoms with Crippen LogP contribution in [0.2, 0.25) is 0 Å². The first-order chi connectivity index (χ1) is 3.27. The molecule has 0 spiro atoms. The van der Waals surface area contributed by atoms with Gasteiger partial charge < -0.3 is 0 Å². The Morgan fingerprint density at radius 2 is 2.29 bits per heavy atom. The van der Waals surface area contributed by atoms with E-state index >= 15 is 0 Å². The summed E-state index contributed by atoms with van der Waals surface area (Å²) in [6.07, 6.45) is 1.79. The van der Waals surface area contributed by atoms with Crippen molar-refractivity contribution in [3.63, 3.8) is 0 Å². The van der Waals surface area contributed by atoms with Crippen LogP contribution in [-0.2, 0) is 4.89 Å². The van der Waals surface area contributed by atoms with E-state index in [1.165, 1.54) is 0 Å². The minimum atomic E-state index is 0.294. The Labute approximate surface area is 43.3 Å². The summed E-state index contributed by atoms with van der Waals surface area (Å²) in [5.41, 5.74) is 1.15. The van der Waals surface area contributed by atoms with E-state index in [4.69, 9.17) is 5.26 Å². The second-order valence-electron chi connectivity index (χ2n) is 1.58. The zero-order valence-corrected chi connectivity index (χ0v) is 4.64. The molecule has 0 amide bonds. The molecule has 0 aliphatic rings. The molecule has 2 nitrogen and oxygen atoms in total. The van der Waals surface area contributed by atoms with Gasteiger partial charge in [0, 0.05) is 0 Å². The van der Waals surface area contributed by atoms with Gasteiger partial charge in [-0.25, -0.2) is 4.89 Å². The molecule has 0 rings (SSSR count). The lowest BCUT2D eigenvalue weighted by molar-refractivity contribution is -0.232. The zero-order chi connectivity index (χ0) is 5.70. The highest BCUT2D eigenvalue weighted by atomic mass is 17.1. The molecule has 42 valence electrons. The van der Waals surface area contributed by atoms with Crippen LogP contribution >= 0.6 is 0 Å². The van der Waals surface area contributed by atoms with Gasteiger partial charge in [-0.1, -0.05) is 11.6 Å². The predicted octanol–water partition coefficient (Wildman–Crippen LogP) is 1.44. The van der Waals surface area contributed by atoms with Crippen LogP contribution in [0.15, 0.2) is 11.6 Å². The Balaban J connectivity index is 3.08. The topological polar surface area (TPSA) is 29.5 Å². The van der Waals surface area contributed by atoms with Crippen LogP contribution in [0.3, 0.4) is 0 Å². The largest absolute Gasteiger partial charge is 0.252 e. The highest BCUT2D eigenvalue weighted by Gasteiger charge is 1.73. The van der Waals surface area contributed by atoms with E-state index in [9.17, 15) is 0 Å². The fourth-order valence-corrected chi connectivity index (χ4v) is 0.204. The average Bonchev–Trinajstić information content (AvgIpc) is 1.61.